The second-order valence-electron chi connectivity index (χ2n) is 3.67. The van der Waals surface area contributed by atoms with Crippen LogP contribution >= 0.6 is 0 Å². The van der Waals surface area contributed by atoms with E-state index in [4.69, 9.17) is 0 Å². The number of aliphatic hydroxyl groups is 1. The van der Waals surface area contributed by atoms with Crippen LogP contribution in [0.3, 0.4) is 0 Å². The minimum Gasteiger partial charge on any atom is -0.392 e. The first-order valence-electron chi connectivity index (χ1n) is 4.68. The molecular formula is C12H14O. The summed E-state index contributed by atoms with van der Waals surface area (Å²) in [4.78, 5) is 0. The maximum absolute atomic E-state index is 9.65. The molecule has 1 aromatic carbocycles. The van der Waals surface area contributed by atoms with Gasteiger partial charge in [-0.25, -0.2) is 0 Å². The van der Waals surface area contributed by atoms with E-state index in [2.05, 4.69) is 43.3 Å². The molecule has 0 radical (unpaired) electrons. The van der Waals surface area contributed by atoms with Crippen molar-refractivity contribution in [3.8, 4) is 0 Å². The highest BCUT2D eigenvalue weighted by Gasteiger charge is 2.21. The van der Waals surface area contributed by atoms with Crippen molar-refractivity contribution in [2.24, 2.45) is 0 Å². The third kappa shape index (κ3) is 1.65. The molecule has 1 N–H and O–H groups in total. The molecule has 2 rings (SSSR count). The largest absolute Gasteiger partial charge is 0.392 e. The zero-order valence-corrected chi connectivity index (χ0v) is 7.77. The van der Waals surface area contributed by atoms with Gasteiger partial charge in [0.2, 0.25) is 0 Å². The summed E-state index contributed by atoms with van der Waals surface area (Å²) in [6.45, 7) is 2.07. The van der Waals surface area contributed by atoms with Gasteiger partial charge in [0.05, 0.1) is 6.10 Å². The summed E-state index contributed by atoms with van der Waals surface area (Å²) in [5, 5.41) is 9.65. The molecule has 68 valence electrons. The Morgan fingerprint density at radius 2 is 1.92 bits per heavy atom. The van der Waals surface area contributed by atoms with Crippen molar-refractivity contribution in [3.63, 3.8) is 0 Å². The van der Waals surface area contributed by atoms with Gasteiger partial charge in [-0.2, -0.15) is 0 Å². The molecule has 0 fully saturated rings. The lowest BCUT2D eigenvalue weighted by Gasteiger charge is -2.13. The smallest absolute Gasteiger partial charge is 0.0677 e. The highest BCUT2D eigenvalue weighted by atomic mass is 16.3. The Morgan fingerprint density at radius 3 is 2.46 bits per heavy atom. The molecule has 1 nitrogen and oxygen atoms in total. The third-order valence-electron chi connectivity index (χ3n) is 2.60. The average molecular weight is 174 g/mol. The molecule has 0 amide bonds. The quantitative estimate of drug-likeness (QED) is 0.648. The predicted molar refractivity (Wildman–Crippen MR) is 53.7 cm³/mol. The lowest BCUT2D eigenvalue weighted by atomic mass is 9.96. The van der Waals surface area contributed by atoms with Crippen LogP contribution in [0.25, 0.3) is 0 Å². The zero-order chi connectivity index (χ0) is 9.26. The molecule has 0 heterocycles. The van der Waals surface area contributed by atoms with Gasteiger partial charge in [-0.05, 0) is 18.9 Å². The second-order valence-corrected chi connectivity index (χ2v) is 3.67. The molecule has 0 saturated carbocycles. The first-order chi connectivity index (χ1) is 6.27. The number of aryl methyl sites for hydroxylation is 1. The van der Waals surface area contributed by atoms with Crippen molar-refractivity contribution in [2.45, 2.75) is 25.4 Å². The van der Waals surface area contributed by atoms with Crippen molar-refractivity contribution in [3.05, 3.63) is 47.5 Å². The van der Waals surface area contributed by atoms with Crippen LogP contribution < -0.4 is 0 Å². The summed E-state index contributed by atoms with van der Waals surface area (Å²) >= 11 is 0. The molecule has 13 heavy (non-hydrogen) atoms. The number of hydrogen-bond acceptors (Lipinski definition) is 1. The Balaban J connectivity index is 2.25. The van der Waals surface area contributed by atoms with Gasteiger partial charge in [-0.3, -0.25) is 0 Å². The molecule has 0 aromatic heterocycles. The van der Waals surface area contributed by atoms with Gasteiger partial charge in [0.15, 0.2) is 0 Å². The molecular weight excluding hydrogens is 160 g/mol. The van der Waals surface area contributed by atoms with E-state index in [9.17, 15) is 5.11 Å². The predicted octanol–water partition coefficient (Wildman–Crippen LogP) is 2.40. The first kappa shape index (κ1) is 8.52. The monoisotopic (exact) mass is 174 g/mol. The van der Waals surface area contributed by atoms with Gasteiger partial charge >= 0.3 is 0 Å². The van der Waals surface area contributed by atoms with Crippen molar-refractivity contribution in [2.75, 3.05) is 0 Å². The van der Waals surface area contributed by atoms with Crippen LogP contribution in [0.2, 0.25) is 0 Å². The fraction of sp³-hybridized carbons (Fsp3) is 0.333. The van der Waals surface area contributed by atoms with E-state index in [1.165, 1.54) is 11.1 Å². The summed E-state index contributed by atoms with van der Waals surface area (Å²) in [6, 6.07) is 8.38. The molecule has 1 aromatic rings. The maximum Gasteiger partial charge on any atom is 0.0677 e. The maximum atomic E-state index is 9.65. The Bertz CT molecular complexity index is 310. The summed E-state index contributed by atoms with van der Waals surface area (Å²) in [7, 11) is 0. The molecule has 0 bridgehead atoms. The molecule has 0 saturated heterocycles. The van der Waals surface area contributed by atoms with Crippen molar-refractivity contribution in [1.82, 2.24) is 0 Å². The summed E-state index contributed by atoms with van der Waals surface area (Å²) < 4.78 is 0. The SMILES string of the molecule is Cc1ccc(C2C=CCC2O)cc1. The fourth-order valence-electron chi connectivity index (χ4n) is 1.76. The van der Waals surface area contributed by atoms with Crippen molar-refractivity contribution in [1.29, 1.82) is 0 Å². The number of hydrogen-bond donors (Lipinski definition) is 1. The van der Waals surface area contributed by atoms with E-state index in [0.717, 1.165) is 6.42 Å². The highest BCUT2D eigenvalue weighted by Crippen LogP contribution is 2.28. The van der Waals surface area contributed by atoms with Crippen molar-refractivity contribution >= 4 is 0 Å². The van der Waals surface area contributed by atoms with Crippen LogP contribution in [-0.2, 0) is 0 Å². The number of aliphatic hydroxyl groups excluding tert-OH is 1. The summed E-state index contributed by atoms with van der Waals surface area (Å²) in [5.41, 5.74) is 2.48. The third-order valence-corrected chi connectivity index (χ3v) is 2.60. The van der Waals surface area contributed by atoms with Crippen molar-refractivity contribution < 1.29 is 5.11 Å². The zero-order valence-electron chi connectivity index (χ0n) is 7.77. The standard InChI is InChI=1S/C12H14O/c1-9-5-7-10(8-6-9)11-3-2-4-12(11)13/h2-3,5-8,11-13H,4H2,1H3. The second kappa shape index (κ2) is 3.35. The van der Waals surface area contributed by atoms with Gasteiger partial charge in [-0.15, -0.1) is 0 Å². The van der Waals surface area contributed by atoms with Crippen LogP contribution in [0.15, 0.2) is 36.4 Å². The Morgan fingerprint density at radius 1 is 1.23 bits per heavy atom. The molecule has 2 atom stereocenters. The Labute approximate surface area is 78.7 Å². The van der Waals surface area contributed by atoms with Gasteiger partial charge in [0.25, 0.3) is 0 Å². The molecule has 2 unspecified atom stereocenters. The average Bonchev–Trinajstić information content (AvgIpc) is 2.53. The van der Waals surface area contributed by atoms with Gasteiger partial charge in [0, 0.05) is 5.92 Å². The van der Waals surface area contributed by atoms with Crippen LogP contribution in [0.5, 0.6) is 0 Å². The normalized spacial score (nSPS) is 26.6. The molecule has 1 aliphatic carbocycles. The van der Waals surface area contributed by atoms with Crippen LogP contribution in [0, 0.1) is 6.92 Å². The van der Waals surface area contributed by atoms with Crippen LogP contribution in [0.1, 0.15) is 23.5 Å². The molecule has 0 aliphatic heterocycles. The van der Waals surface area contributed by atoms with Gasteiger partial charge < -0.3 is 5.11 Å². The Hall–Kier alpha value is -1.08. The highest BCUT2D eigenvalue weighted by molar-refractivity contribution is 5.30. The van der Waals surface area contributed by atoms with E-state index >= 15 is 0 Å². The van der Waals surface area contributed by atoms with E-state index in [-0.39, 0.29) is 12.0 Å². The minimum atomic E-state index is -0.220. The van der Waals surface area contributed by atoms with E-state index in [0.29, 0.717) is 0 Å². The lowest BCUT2D eigenvalue weighted by molar-refractivity contribution is 0.171. The van der Waals surface area contributed by atoms with Crippen LogP contribution in [0.4, 0.5) is 0 Å². The molecule has 0 spiro atoms. The first-order valence-corrected chi connectivity index (χ1v) is 4.68. The van der Waals surface area contributed by atoms with Gasteiger partial charge in [-0.1, -0.05) is 42.0 Å². The van der Waals surface area contributed by atoms with E-state index in [1.54, 1.807) is 0 Å². The summed E-state index contributed by atoms with van der Waals surface area (Å²) in [6.07, 6.45) is 4.71. The minimum absolute atomic E-state index is 0.209. The fourth-order valence-corrected chi connectivity index (χ4v) is 1.76. The van der Waals surface area contributed by atoms with E-state index in [1.807, 2.05) is 0 Å². The van der Waals surface area contributed by atoms with E-state index < -0.39 is 0 Å². The number of benzene rings is 1. The molecule has 1 aliphatic rings. The van der Waals surface area contributed by atoms with Crippen LogP contribution in [-0.4, -0.2) is 11.2 Å². The number of rotatable bonds is 1. The summed E-state index contributed by atoms with van der Waals surface area (Å²) in [5.74, 6) is 0.209. The van der Waals surface area contributed by atoms with Gasteiger partial charge in [0.1, 0.15) is 0 Å². The topological polar surface area (TPSA) is 20.2 Å². The lowest BCUT2D eigenvalue weighted by Crippen LogP contribution is -2.11. The Kier molecular flexibility index (Phi) is 2.19. The molecule has 1 heteroatoms.